The first kappa shape index (κ1) is 13.6. The lowest BCUT2D eigenvalue weighted by atomic mass is 10.2. The van der Waals surface area contributed by atoms with Crippen LogP contribution in [0.3, 0.4) is 0 Å². The number of anilines is 2. The average Bonchev–Trinajstić information content (AvgIpc) is 3.12. The summed E-state index contributed by atoms with van der Waals surface area (Å²) in [4.78, 5) is 8.77. The summed E-state index contributed by atoms with van der Waals surface area (Å²) in [6.07, 6.45) is 1.66. The zero-order chi connectivity index (χ0) is 16.0. The van der Waals surface area contributed by atoms with E-state index in [0.29, 0.717) is 17.4 Å². The van der Waals surface area contributed by atoms with Crippen molar-refractivity contribution in [2.24, 2.45) is 7.05 Å². The van der Waals surface area contributed by atoms with Gasteiger partial charge in [0.25, 0.3) is 0 Å². The minimum absolute atomic E-state index is 0.0903. The Morgan fingerprint density at radius 1 is 1.26 bits per heavy atom. The lowest BCUT2D eigenvalue weighted by Gasteiger charge is -2.11. The largest absolute Gasteiger partial charge is 0.459 e. The molecule has 1 unspecified atom stereocenters. The molecule has 3 N–H and O–H groups in total. The second kappa shape index (κ2) is 4.98. The third-order valence-electron chi connectivity index (χ3n) is 3.84. The fourth-order valence-corrected chi connectivity index (χ4v) is 2.59. The minimum Gasteiger partial charge on any atom is -0.459 e. The highest BCUT2D eigenvalue weighted by Gasteiger charge is 2.15. The van der Waals surface area contributed by atoms with Crippen molar-refractivity contribution < 1.29 is 4.42 Å². The number of rotatable bonds is 3. The van der Waals surface area contributed by atoms with Crippen LogP contribution >= 0.6 is 0 Å². The van der Waals surface area contributed by atoms with E-state index in [9.17, 15) is 0 Å². The van der Waals surface area contributed by atoms with Gasteiger partial charge in [0, 0.05) is 12.4 Å². The topological polar surface area (TPSA) is 94.8 Å². The third-order valence-corrected chi connectivity index (χ3v) is 3.84. The summed E-state index contributed by atoms with van der Waals surface area (Å²) < 4.78 is 7.53. The van der Waals surface area contributed by atoms with Gasteiger partial charge in [-0.1, -0.05) is 18.2 Å². The van der Waals surface area contributed by atoms with E-state index in [2.05, 4.69) is 20.4 Å². The van der Waals surface area contributed by atoms with E-state index < -0.39 is 0 Å². The lowest BCUT2D eigenvalue weighted by molar-refractivity contribution is 0.525. The number of nitrogens with one attached hydrogen (secondary N) is 1. The highest BCUT2D eigenvalue weighted by atomic mass is 16.3. The van der Waals surface area contributed by atoms with Crippen molar-refractivity contribution in [3.8, 4) is 0 Å². The van der Waals surface area contributed by atoms with E-state index in [1.165, 1.54) is 0 Å². The molecule has 0 aliphatic heterocycles. The number of hydrogen-bond donors (Lipinski definition) is 2. The molecule has 23 heavy (non-hydrogen) atoms. The number of aromatic nitrogens is 4. The summed E-state index contributed by atoms with van der Waals surface area (Å²) in [7, 11) is 1.82. The maximum Gasteiger partial charge on any atom is 0.227 e. The van der Waals surface area contributed by atoms with E-state index in [0.717, 1.165) is 22.1 Å². The monoisotopic (exact) mass is 308 g/mol. The summed E-state index contributed by atoms with van der Waals surface area (Å²) in [5, 5.41) is 9.20. The van der Waals surface area contributed by atoms with E-state index in [-0.39, 0.29) is 6.04 Å². The Morgan fingerprint density at radius 3 is 2.91 bits per heavy atom. The Labute approximate surface area is 132 Å². The van der Waals surface area contributed by atoms with Crippen molar-refractivity contribution >= 4 is 33.8 Å². The molecule has 7 nitrogen and oxygen atoms in total. The maximum absolute atomic E-state index is 5.98. The fourth-order valence-electron chi connectivity index (χ4n) is 2.59. The number of nitrogen functional groups attached to an aromatic ring is 1. The van der Waals surface area contributed by atoms with Crippen LogP contribution in [-0.4, -0.2) is 19.7 Å². The van der Waals surface area contributed by atoms with Gasteiger partial charge in [-0.25, -0.2) is 0 Å². The Hall–Kier alpha value is -3.09. The lowest BCUT2D eigenvalue weighted by Crippen LogP contribution is -2.10. The van der Waals surface area contributed by atoms with Gasteiger partial charge in [0.1, 0.15) is 17.2 Å². The molecular weight excluding hydrogens is 292 g/mol. The Balaban J connectivity index is 1.67. The normalized spacial score (nSPS) is 12.8. The van der Waals surface area contributed by atoms with Crippen LogP contribution in [0.15, 0.2) is 40.9 Å². The molecule has 3 heterocycles. The van der Waals surface area contributed by atoms with Crippen LogP contribution in [0.5, 0.6) is 0 Å². The summed E-state index contributed by atoms with van der Waals surface area (Å²) in [5.74, 6) is 1.67. The maximum atomic E-state index is 5.98. The van der Waals surface area contributed by atoms with Crippen LogP contribution < -0.4 is 11.1 Å². The molecule has 0 spiro atoms. The SMILES string of the molecule is CC(Nc1nc(N)c2cnn(C)c2n1)c1cc2ccccc2o1. The number of fused-ring (bicyclic) bond motifs is 2. The van der Waals surface area contributed by atoms with E-state index in [4.69, 9.17) is 10.2 Å². The molecule has 7 heteroatoms. The van der Waals surface area contributed by atoms with Crippen molar-refractivity contribution in [1.29, 1.82) is 0 Å². The number of nitrogens with two attached hydrogens (primary N) is 1. The minimum atomic E-state index is -0.0903. The second-order valence-corrected chi connectivity index (χ2v) is 5.49. The molecule has 0 saturated heterocycles. The van der Waals surface area contributed by atoms with E-state index in [1.807, 2.05) is 44.3 Å². The first-order chi connectivity index (χ1) is 11.1. The molecule has 1 aromatic carbocycles. The summed E-state index contributed by atoms with van der Waals surface area (Å²) in [5.41, 5.74) is 7.53. The molecule has 0 amide bonds. The quantitative estimate of drug-likeness (QED) is 0.604. The second-order valence-electron chi connectivity index (χ2n) is 5.49. The Morgan fingerprint density at radius 2 is 2.09 bits per heavy atom. The molecular formula is C16H16N6O. The zero-order valence-corrected chi connectivity index (χ0v) is 12.8. The van der Waals surface area contributed by atoms with Gasteiger partial charge in [0.2, 0.25) is 5.95 Å². The van der Waals surface area contributed by atoms with Crippen LogP contribution in [0.1, 0.15) is 18.7 Å². The van der Waals surface area contributed by atoms with Crippen molar-refractivity contribution in [2.75, 3.05) is 11.1 Å². The predicted octanol–water partition coefficient (Wildman–Crippen LogP) is 2.86. The average molecular weight is 308 g/mol. The Bertz CT molecular complexity index is 969. The number of para-hydroxylation sites is 1. The van der Waals surface area contributed by atoms with Gasteiger partial charge < -0.3 is 15.5 Å². The van der Waals surface area contributed by atoms with Gasteiger partial charge in [-0.3, -0.25) is 4.68 Å². The van der Waals surface area contributed by atoms with Crippen molar-refractivity contribution in [2.45, 2.75) is 13.0 Å². The van der Waals surface area contributed by atoms with Gasteiger partial charge in [-0.05, 0) is 19.1 Å². The highest BCUT2D eigenvalue weighted by molar-refractivity contribution is 5.86. The summed E-state index contributed by atoms with van der Waals surface area (Å²) in [6.45, 7) is 1.99. The molecule has 0 radical (unpaired) electrons. The Kier molecular flexibility index (Phi) is 2.94. The van der Waals surface area contributed by atoms with E-state index >= 15 is 0 Å². The summed E-state index contributed by atoms with van der Waals surface area (Å²) >= 11 is 0. The standard InChI is InChI=1S/C16H16N6O/c1-9(13-7-10-5-3-4-6-12(10)23-13)19-16-20-14(17)11-8-18-22(2)15(11)21-16/h3-9H,1-2H3,(H3,17,19,20,21). The van der Waals surface area contributed by atoms with Crippen LogP contribution in [0.25, 0.3) is 22.0 Å². The van der Waals surface area contributed by atoms with Crippen LogP contribution in [0, 0.1) is 0 Å². The smallest absolute Gasteiger partial charge is 0.227 e. The molecule has 4 aromatic rings. The van der Waals surface area contributed by atoms with Gasteiger partial charge >= 0.3 is 0 Å². The van der Waals surface area contributed by atoms with Crippen LogP contribution in [-0.2, 0) is 7.05 Å². The number of nitrogens with zero attached hydrogens (tertiary/aromatic N) is 4. The van der Waals surface area contributed by atoms with Gasteiger partial charge in [0.05, 0.1) is 17.6 Å². The molecule has 116 valence electrons. The zero-order valence-electron chi connectivity index (χ0n) is 12.8. The van der Waals surface area contributed by atoms with Crippen LogP contribution in [0.4, 0.5) is 11.8 Å². The van der Waals surface area contributed by atoms with Crippen LogP contribution in [0.2, 0.25) is 0 Å². The highest BCUT2D eigenvalue weighted by Crippen LogP contribution is 2.26. The van der Waals surface area contributed by atoms with Gasteiger partial charge in [0.15, 0.2) is 5.65 Å². The fraction of sp³-hybridized carbons (Fsp3) is 0.188. The molecule has 0 saturated carbocycles. The molecule has 0 bridgehead atoms. The molecule has 3 aromatic heterocycles. The first-order valence-electron chi connectivity index (χ1n) is 7.32. The van der Waals surface area contributed by atoms with Crippen molar-refractivity contribution in [1.82, 2.24) is 19.7 Å². The molecule has 1 atom stereocenters. The molecule has 4 rings (SSSR count). The number of hydrogen-bond acceptors (Lipinski definition) is 6. The molecule has 0 aliphatic rings. The first-order valence-corrected chi connectivity index (χ1v) is 7.32. The van der Waals surface area contributed by atoms with Crippen molar-refractivity contribution in [3.05, 3.63) is 42.3 Å². The number of aryl methyl sites for hydroxylation is 1. The predicted molar refractivity (Wildman–Crippen MR) is 89.0 cm³/mol. The summed E-state index contributed by atoms with van der Waals surface area (Å²) in [6, 6.07) is 9.83. The third kappa shape index (κ3) is 2.26. The van der Waals surface area contributed by atoms with Gasteiger partial charge in [-0.15, -0.1) is 0 Å². The van der Waals surface area contributed by atoms with Crippen molar-refractivity contribution in [3.63, 3.8) is 0 Å². The molecule has 0 fully saturated rings. The van der Waals surface area contributed by atoms with E-state index in [1.54, 1.807) is 10.9 Å². The molecule has 0 aliphatic carbocycles. The van der Waals surface area contributed by atoms with Gasteiger partial charge in [-0.2, -0.15) is 15.1 Å². The number of furan rings is 1. The number of benzene rings is 1.